The molecule has 0 saturated heterocycles. The summed E-state index contributed by atoms with van der Waals surface area (Å²) in [6, 6.07) is 0. The molecule has 1 aromatic heterocycles. The maximum atomic E-state index is 4.11. The fraction of sp³-hybridized carbons (Fsp3) is 0.286. The smallest absolute Gasteiger partial charge is 0.0896 e. The first-order valence-corrected chi connectivity index (χ1v) is 3.67. The standard InChI is InChI=1S/C7H9NS/c1-3-4-7-5-8-6(2)9-7/h3,5H,1,4H2,2H3. The van der Waals surface area contributed by atoms with Crippen molar-refractivity contribution in [3.05, 3.63) is 28.7 Å². The predicted octanol–water partition coefficient (Wildman–Crippen LogP) is 2.18. The highest BCUT2D eigenvalue weighted by molar-refractivity contribution is 7.11. The Kier molecular flexibility index (Phi) is 2.01. The Morgan fingerprint density at radius 3 is 3.11 bits per heavy atom. The van der Waals surface area contributed by atoms with Gasteiger partial charge in [0.15, 0.2) is 0 Å². The van der Waals surface area contributed by atoms with Crippen LogP contribution in [-0.4, -0.2) is 4.98 Å². The Morgan fingerprint density at radius 2 is 2.67 bits per heavy atom. The van der Waals surface area contributed by atoms with Crippen LogP contribution in [0.15, 0.2) is 18.9 Å². The Bertz CT molecular complexity index is 202. The lowest BCUT2D eigenvalue weighted by Crippen LogP contribution is -1.67. The van der Waals surface area contributed by atoms with Gasteiger partial charge in [0.25, 0.3) is 0 Å². The second-order valence-corrected chi connectivity index (χ2v) is 3.16. The third-order valence-electron chi connectivity index (χ3n) is 1.01. The van der Waals surface area contributed by atoms with E-state index in [0.717, 1.165) is 11.4 Å². The van der Waals surface area contributed by atoms with Crippen LogP contribution in [0.5, 0.6) is 0 Å². The molecular weight excluding hydrogens is 130 g/mol. The number of allylic oxidation sites excluding steroid dienone is 1. The maximum absolute atomic E-state index is 4.11. The van der Waals surface area contributed by atoms with E-state index < -0.39 is 0 Å². The van der Waals surface area contributed by atoms with Crippen LogP contribution in [0.3, 0.4) is 0 Å². The molecule has 0 aliphatic carbocycles. The molecule has 0 spiro atoms. The van der Waals surface area contributed by atoms with Gasteiger partial charge in [-0.05, 0) is 6.92 Å². The molecule has 1 nitrogen and oxygen atoms in total. The molecule has 0 unspecified atom stereocenters. The molecule has 0 N–H and O–H groups in total. The van der Waals surface area contributed by atoms with Gasteiger partial charge in [-0.3, -0.25) is 0 Å². The molecule has 0 amide bonds. The Morgan fingerprint density at radius 1 is 1.89 bits per heavy atom. The van der Waals surface area contributed by atoms with Crippen LogP contribution in [0.2, 0.25) is 0 Å². The summed E-state index contributed by atoms with van der Waals surface area (Å²) in [6.07, 6.45) is 4.75. The third kappa shape index (κ3) is 1.64. The van der Waals surface area contributed by atoms with Crippen LogP contribution < -0.4 is 0 Å². The zero-order valence-corrected chi connectivity index (χ0v) is 6.24. The monoisotopic (exact) mass is 139 g/mol. The highest BCUT2D eigenvalue weighted by Crippen LogP contribution is 2.11. The van der Waals surface area contributed by atoms with Crippen molar-refractivity contribution in [2.24, 2.45) is 0 Å². The van der Waals surface area contributed by atoms with Gasteiger partial charge in [0.2, 0.25) is 0 Å². The summed E-state index contributed by atoms with van der Waals surface area (Å²) in [5.74, 6) is 0. The lowest BCUT2D eigenvalue weighted by molar-refractivity contribution is 1.25. The fourth-order valence-electron chi connectivity index (χ4n) is 0.642. The molecule has 0 saturated carbocycles. The van der Waals surface area contributed by atoms with Gasteiger partial charge in [0.1, 0.15) is 0 Å². The molecule has 0 fully saturated rings. The van der Waals surface area contributed by atoms with E-state index in [2.05, 4.69) is 11.6 Å². The molecule has 1 rings (SSSR count). The number of aryl methyl sites for hydroxylation is 1. The van der Waals surface area contributed by atoms with Crippen LogP contribution in [0.25, 0.3) is 0 Å². The summed E-state index contributed by atoms with van der Waals surface area (Å²) < 4.78 is 0. The normalized spacial score (nSPS) is 9.44. The first-order valence-electron chi connectivity index (χ1n) is 2.85. The van der Waals surface area contributed by atoms with Crippen LogP contribution in [-0.2, 0) is 6.42 Å². The number of thiazole rings is 1. The second kappa shape index (κ2) is 2.78. The molecule has 0 bridgehead atoms. The van der Waals surface area contributed by atoms with E-state index in [-0.39, 0.29) is 0 Å². The van der Waals surface area contributed by atoms with Gasteiger partial charge in [0.05, 0.1) is 5.01 Å². The lowest BCUT2D eigenvalue weighted by Gasteiger charge is -1.80. The molecule has 1 heterocycles. The summed E-state index contributed by atoms with van der Waals surface area (Å²) in [4.78, 5) is 5.40. The zero-order chi connectivity index (χ0) is 6.69. The van der Waals surface area contributed by atoms with Crippen LogP contribution in [0, 0.1) is 6.92 Å². The highest BCUT2D eigenvalue weighted by atomic mass is 32.1. The van der Waals surface area contributed by atoms with Crippen molar-refractivity contribution >= 4 is 11.3 Å². The van der Waals surface area contributed by atoms with Gasteiger partial charge in [-0.15, -0.1) is 17.9 Å². The zero-order valence-electron chi connectivity index (χ0n) is 5.42. The molecule has 0 atom stereocenters. The van der Waals surface area contributed by atoms with E-state index in [4.69, 9.17) is 0 Å². The van der Waals surface area contributed by atoms with Gasteiger partial charge in [0, 0.05) is 17.5 Å². The SMILES string of the molecule is C=CCc1cnc(C)s1. The third-order valence-corrected chi connectivity index (χ3v) is 1.95. The van der Waals surface area contributed by atoms with Crippen molar-refractivity contribution in [2.45, 2.75) is 13.3 Å². The molecule has 9 heavy (non-hydrogen) atoms. The minimum atomic E-state index is 0.950. The van der Waals surface area contributed by atoms with Crippen molar-refractivity contribution in [3.8, 4) is 0 Å². The summed E-state index contributed by atoms with van der Waals surface area (Å²) in [5.41, 5.74) is 0. The van der Waals surface area contributed by atoms with Gasteiger partial charge in [-0.1, -0.05) is 6.08 Å². The van der Waals surface area contributed by atoms with Crippen LogP contribution in [0.1, 0.15) is 9.88 Å². The Hall–Kier alpha value is -0.630. The summed E-state index contributed by atoms with van der Waals surface area (Å²) in [5, 5.41) is 1.13. The van der Waals surface area contributed by atoms with E-state index >= 15 is 0 Å². The van der Waals surface area contributed by atoms with Crippen LogP contribution >= 0.6 is 11.3 Å². The van der Waals surface area contributed by atoms with Crippen molar-refractivity contribution < 1.29 is 0 Å². The Labute approximate surface area is 59.1 Å². The van der Waals surface area contributed by atoms with Gasteiger partial charge in [-0.25, -0.2) is 4.98 Å². The molecule has 1 aromatic rings. The first kappa shape index (κ1) is 6.49. The van der Waals surface area contributed by atoms with Gasteiger partial charge < -0.3 is 0 Å². The maximum Gasteiger partial charge on any atom is 0.0896 e. The molecule has 0 radical (unpaired) electrons. The largest absolute Gasteiger partial charge is 0.250 e. The topological polar surface area (TPSA) is 12.9 Å². The average Bonchev–Trinajstić information content (AvgIpc) is 2.17. The quantitative estimate of drug-likeness (QED) is 0.572. The van der Waals surface area contributed by atoms with Crippen molar-refractivity contribution in [1.29, 1.82) is 0 Å². The Balaban J connectivity index is 2.72. The molecule has 48 valence electrons. The highest BCUT2D eigenvalue weighted by Gasteiger charge is 1.92. The summed E-state index contributed by atoms with van der Waals surface area (Å²) in [6.45, 7) is 5.66. The van der Waals surface area contributed by atoms with E-state index in [1.807, 2.05) is 19.2 Å². The molecule has 2 heteroatoms. The van der Waals surface area contributed by atoms with Crippen molar-refractivity contribution in [3.63, 3.8) is 0 Å². The van der Waals surface area contributed by atoms with Crippen molar-refractivity contribution in [1.82, 2.24) is 4.98 Å². The summed E-state index contributed by atoms with van der Waals surface area (Å²) >= 11 is 1.73. The minimum absolute atomic E-state index is 0.950. The van der Waals surface area contributed by atoms with E-state index in [1.165, 1.54) is 4.88 Å². The predicted molar refractivity (Wildman–Crippen MR) is 40.8 cm³/mol. The minimum Gasteiger partial charge on any atom is -0.250 e. The van der Waals surface area contributed by atoms with E-state index in [0.29, 0.717) is 0 Å². The molecule has 0 aromatic carbocycles. The van der Waals surface area contributed by atoms with Crippen LogP contribution in [0.4, 0.5) is 0 Å². The van der Waals surface area contributed by atoms with Gasteiger partial charge >= 0.3 is 0 Å². The van der Waals surface area contributed by atoms with Gasteiger partial charge in [-0.2, -0.15) is 0 Å². The molecule has 0 aliphatic rings. The number of rotatable bonds is 2. The average molecular weight is 139 g/mol. The second-order valence-electron chi connectivity index (χ2n) is 1.84. The number of hydrogen-bond donors (Lipinski definition) is 0. The fourth-order valence-corrected chi connectivity index (χ4v) is 1.43. The van der Waals surface area contributed by atoms with Crippen molar-refractivity contribution in [2.75, 3.05) is 0 Å². The van der Waals surface area contributed by atoms with E-state index in [1.54, 1.807) is 11.3 Å². The van der Waals surface area contributed by atoms with E-state index in [9.17, 15) is 0 Å². The summed E-state index contributed by atoms with van der Waals surface area (Å²) in [7, 11) is 0. The molecule has 0 aliphatic heterocycles. The lowest BCUT2D eigenvalue weighted by atomic mass is 10.4. The number of hydrogen-bond acceptors (Lipinski definition) is 2. The molecular formula is C7H9NS. The first-order chi connectivity index (χ1) is 4.33. The number of aromatic nitrogens is 1. The number of nitrogens with zero attached hydrogens (tertiary/aromatic N) is 1.